The van der Waals surface area contributed by atoms with Crippen molar-refractivity contribution in [2.24, 2.45) is 5.73 Å². The molecule has 0 aliphatic carbocycles. The van der Waals surface area contributed by atoms with Gasteiger partial charge in [0.1, 0.15) is 12.0 Å². The Kier molecular flexibility index (Phi) is 4.36. The van der Waals surface area contributed by atoms with Crippen molar-refractivity contribution < 1.29 is 22.4 Å². The lowest BCUT2D eigenvalue weighted by Gasteiger charge is -2.07. The second-order valence-corrected chi connectivity index (χ2v) is 3.16. The SMILES string of the molecule is Cl.NCCOc1noc2nccc(C(F)(F)F)c12. The zero-order valence-electron chi connectivity index (χ0n) is 8.90. The summed E-state index contributed by atoms with van der Waals surface area (Å²) in [4.78, 5) is 3.64. The van der Waals surface area contributed by atoms with Gasteiger partial charge in [0, 0.05) is 12.7 Å². The van der Waals surface area contributed by atoms with Gasteiger partial charge < -0.3 is 15.0 Å². The highest BCUT2D eigenvalue weighted by molar-refractivity contribution is 5.85. The molecule has 0 saturated carbocycles. The Labute approximate surface area is 105 Å². The van der Waals surface area contributed by atoms with E-state index in [0.717, 1.165) is 12.3 Å². The van der Waals surface area contributed by atoms with Crippen LogP contribution in [0, 0.1) is 0 Å². The molecular weight excluding hydrogens is 275 g/mol. The number of hydrogen-bond acceptors (Lipinski definition) is 5. The number of aromatic nitrogens is 2. The van der Waals surface area contributed by atoms with Gasteiger partial charge >= 0.3 is 6.18 Å². The molecule has 2 heterocycles. The highest BCUT2D eigenvalue weighted by atomic mass is 35.5. The first-order chi connectivity index (χ1) is 8.04. The van der Waals surface area contributed by atoms with Crippen molar-refractivity contribution in [1.29, 1.82) is 0 Å². The molecule has 0 radical (unpaired) electrons. The number of halogens is 4. The first-order valence-electron chi connectivity index (χ1n) is 4.68. The van der Waals surface area contributed by atoms with Crippen LogP contribution in [0.5, 0.6) is 5.88 Å². The van der Waals surface area contributed by atoms with Crippen LogP contribution in [-0.2, 0) is 6.18 Å². The maximum absolute atomic E-state index is 12.7. The predicted molar refractivity (Wildman–Crippen MR) is 58.6 cm³/mol. The first-order valence-corrected chi connectivity index (χ1v) is 4.68. The molecule has 18 heavy (non-hydrogen) atoms. The van der Waals surface area contributed by atoms with Gasteiger partial charge in [0.2, 0.25) is 0 Å². The van der Waals surface area contributed by atoms with E-state index in [1.807, 2.05) is 0 Å². The van der Waals surface area contributed by atoms with Gasteiger partial charge in [0.15, 0.2) is 0 Å². The van der Waals surface area contributed by atoms with Gasteiger partial charge in [-0.05, 0) is 11.2 Å². The predicted octanol–water partition coefficient (Wildman–Crippen LogP) is 2.00. The molecular formula is C9H9ClF3N3O2. The molecule has 9 heteroatoms. The average Bonchev–Trinajstić information content (AvgIpc) is 2.68. The summed E-state index contributed by atoms with van der Waals surface area (Å²) in [5, 5.41) is 3.11. The van der Waals surface area contributed by atoms with Crippen molar-refractivity contribution in [3.8, 4) is 5.88 Å². The monoisotopic (exact) mass is 283 g/mol. The maximum atomic E-state index is 12.7. The van der Waals surface area contributed by atoms with Crippen LogP contribution < -0.4 is 10.5 Å². The van der Waals surface area contributed by atoms with Crippen molar-refractivity contribution >= 4 is 23.5 Å². The molecule has 0 fully saturated rings. The summed E-state index contributed by atoms with van der Waals surface area (Å²) in [6.45, 7) is 0.212. The smallest absolute Gasteiger partial charge is 0.417 e. The number of alkyl halides is 3. The van der Waals surface area contributed by atoms with Gasteiger partial charge in [-0.25, -0.2) is 4.98 Å². The third-order valence-electron chi connectivity index (χ3n) is 2.01. The molecule has 2 aromatic heterocycles. The topological polar surface area (TPSA) is 74.2 Å². The highest BCUT2D eigenvalue weighted by Gasteiger charge is 2.35. The molecule has 0 saturated heterocycles. The van der Waals surface area contributed by atoms with Crippen LogP contribution in [0.15, 0.2) is 16.8 Å². The Hall–Kier alpha value is -1.54. The number of hydrogen-bond donors (Lipinski definition) is 1. The highest BCUT2D eigenvalue weighted by Crippen LogP contribution is 2.37. The minimum absolute atomic E-state index is 0. The Balaban J connectivity index is 0.00000162. The quantitative estimate of drug-likeness (QED) is 0.932. The van der Waals surface area contributed by atoms with Crippen molar-refractivity contribution in [3.05, 3.63) is 17.8 Å². The molecule has 100 valence electrons. The number of pyridine rings is 1. The Morgan fingerprint density at radius 3 is 2.72 bits per heavy atom. The van der Waals surface area contributed by atoms with E-state index in [-0.39, 0.29) is 42.5 Å². The van der Waals surface area contributed by atoms with Crippen LogP contribution in [0.25, 0.3) is 11.1 Å². The van der Waals surface area contributed by atoms with Crippen molar-refractivity contribution in [2.45, 2.75) is 6.18 Å². The van der Waals surface area contributed by atoms with Crippen LogP contribution in [0.4, 0.5) is 13.2 Å². The lowest BCUT2D eigenvalue weighted by Crippen LogP contribution is -2.12. The van der Waals surface area contributed by atoms with Crippen LogP contribution in [0.2, 0.25) is 0 Å². The second-order valence-electron chi connectivity index (χ2n) is 3.16. The summed E-state index contributed by atoms with van der Waals surface area (Å²) < 4.78 is 47.8. The normalized spacial score (nSPS) is 11.3. The Morgan fingerprint density at radius 2 is 2.11 bits per heavy atom. The summed E-state index contributed by atoms with van der Waals surface area (Å²) in [6.07, 6.45) is -3.52. The summed E-state index contributed by atoms with van der Waals surface area (Å²) in [5.74, 6) is -0.245. The van der Waals surface area contributed by atoms with Gasteiger partial charge in [-0.15, -0.1) is 12.4 Å². The van der Waals surface area contributed by atoms with Crippen LogP contribution in [0.3, 0.4) is 0 Å². The molecule has 0 aromatic carbocycles. The fourth-order valence-electron chi connectivity index (χ4n) is 1.34. The summed E-state index contributed by atoms with van der Waals surface area (Å²) >= 11 is 0. The molecule has 5 nitrogen and oxygen atoms in total. The molecule has 0 aliphatic rings. The molecule has 2 aromatic rings. The number of fused-ring (bicyclic) bond motifs is 1. The van der Waals surface area contributed by atoms with Gasteiger partial charge in [0.05, 0.1) is 5.56 Å². The molecule has 0 atom stereocenters. The van der Waals surface area contributed by atoms with Gasteiger partial charge in [-0.1, -0.05) is 0 Å². The molecule has 0 spiro atoms. The van der Waals surface area contributed by atoms with E-state index in [1.165, 1.54) is 0 Å². The minimum atomic E-state index is -4.52. The molecule has 0 aliphatic heterocycles. The third-order valence-corrected chi connectivity index (χ3v) is 2.01. The standard InChI is InChI=1S/C9H8F3N3O2.ClH/c10-9(11,12)5-1-3-14-7-6(5)8(15-17-7)16-4-2-13;/h1,3H,2,4,13H2;1H. The summed E-state index contributed by atoms with van der Waals surface area (Å²) in [7, 11) is 0. The largest absolute Gasteiger partial charge is 0.474 e. The lowest BCUT2D eigenvalue weighted by atomic mass is 10.2. The Bertz CT molecular complexity index is 529. The number of nitrogens with two attached hydrogens (primary N) is 1. The van der Waals surface area contributed by atoms with Crippen molar-refractivity contribution in [2.75, 3.05) is 13.2 Å². The molecule has 0 unspecified atom stereocenters. The van der Waals surface area contributed by atoms with E-state index >= 15 is 0 Å². The average molecular weight is 284 g/mol. The Morgan fingerprint density at radius 1 is 1.39 bits per heavy atom. The van der Waals surface area contributed by atoms with Gasteiger partial charge in [-0.2, -0.15) is 13.2 Å². The third kappa shape index (κ3) is 2.65. The van der Waals surface area contributed by atoms with Gasteiger partial charge in [-0.3, -0.25) is 0 Å². The van der Waals surface area contributed by atoms with E-state index in [2.05, 4.69) is 14.7 Å². The van der Waals surface area contributed by atoms with Crippen LogP contribution >= 0.6 is 12.4 Å². The molecule has 2 rings (SSSR count). The molecule has 2 N–H and O–H groups in total. The second kappa shape index (κ2) is 5.40. The zero-order chi connectivity index (χ0) is 12.5. The zero-order valence-corrected chi connectivity index (χ0v) is 9.72. The minimum Gasteiger partial charge on any atom is -0.474 e. The van der Waals surface area contributed by atoms with Crippen molar-refractivity contribution in [3.63, 3.8) is 0 Å². The van der Waals surface area contributed by atoms with E-state index < -0.39 is 11.7 Å². The maximum Gasteiger partial charge on any atom is 0.417 e. The van der Waals surface area contributed by atoms with E-state index in [9.17, 15) is 13.2 Å². The van der Waals surface area contributed by atoms with E-state index in [1.54, 1.807) is 0 Å². The number of nitrogens with zero attached hydrogens (tertiary/aromatic N) is 2. The summed E-state index contributed by atoms with van der Waals surface area (Å²) in [5.41, 5.74) is 4.08. The number of rotatable bonds is 3. The lowest BCUT2D eigenvalue weighted by molar-refractivity contribution is -0.136. The van der Waals surface area contributed by atoms with Crippen LogP contribution in [-0.4, -0.2) is 23.3 Å². The van der Waals surface area contributed by atoms with Gasteiger partial charge in [0.25, 0.3) is 11.6 Å². The fraction of sp³-hybridized carbons (Fsp3) is 0.333. The number of ether oxygens (including phenoxy) is 1. The first kappa shape index (κ1) is 14.5. The van der Waals surface area contributed by atoms with E-state index in [4.69, 9.17) is 10.5 Å². The fourth-order valence-corrected chi connectivity index (χ4v) is 1.34. The molecule has 0 amide bonds. The van der Waals surface area contributed by atoms with Crippen molar-refractivity contribution in [1.82, 2.24) is 10.1 Å². The van der Waals surface area contributed by atoms with Crippen LogP contribution in [0.1, 0.15) is 5.56 Å². The van der Waals surface area contributed by atoms with E-state index in [0.29, 0.717) is 0 Å². The molecule has 0 bridgehead atoms. The summed E-state index contributed by atoms with van der Waals surface area (Å²) in [6, 6.07) is 0.842.